The standard InChI is InChI=1S/C15H17FN4OS/c16-11-6-3-4-7-12(11)17-14(21)10-22-15-19-18-13-8-2-1-5-9-20(13)15/h3-4,6-7H,1-2,5,8-10H2,(H,17,21). The minimum absolute atomic E-state index is 0.187. The molecule has 1 N–H and O–H groups in total. The zero-order chi connectivity index (χ0) is 15.4. The van der Waals surface area contributed by atoms with E-state index in [0.29, 0.717) is 0 Å². The Balaban J connectivity index is 1.60. The predicted molar refractivity (Wildman–Crippen MR) is 83.3 cm³/mol. The van der Waals surface area contributed by atoms with Gasteiger partial charge in [0.05, 0.1) is 11.4 Å². The second-order valence-electron chi connectivity index (χ2n) is 5.18. The Hall–Kier alpha value is -1.89. The molecule has 1 aliphatic rings. The normalized spacial score (nSPS) is 14.2. The molecule has 0 spiro atoms. The number of thioether (sulfide) groups is 1. The Morgan fingerprint density at radius 1 is 1.27 bits per heavy atom. The molecular formula is C15H17FN4OS. The molecule has 3 rings (SSSR count). The molecule has 116 valence electrons. The third-order valence-corrected chi connectivity index (χ3v) is 4.52. The Morgan fingerprint density at radius 2 is 2.14 bits per heavy atom. The molecule has 0 radical (unpaired) electrons. The van der Waals surface area contributed by atoms with Gasteiger partial charge in [-0.05, 0) is 25.0 Å². The fourth-order valence-electron chi connectivity index (χ4n) is 2.44. The topological polar surface area (TPSA) is 59.8 Å². The van der Waals surface area contributed by atoms with Crippen LogP contribution in [0.4, 0.5) is 10.1 Å². The fraction of sp³-hybridized carbons (Fsp3) is 0.400. The van der Waals surface area contributed by atoms with Gasteiger partial charge in [-0.15, -0.1) is 10.2 Å². The van der Waals surface area contributed by atoms with Crippen molar-refractivity contribution in [2.24, 2.45) is 0 Å². The summed E-state index contributed by atoms with van der Waals surface area (Å²) in [6.45, 7) is 0.902. The van der Waals surface area contributed by atoms with Gasteiger partial charge in [0.15, 0.2) is 5.16 Å². The van der Waals surface area contributed by atoms with E-state index in [0.717, 1.165) is 36.8 Å². The van der Waals surface area contributed by atoms with Crippen molar-refractivity contribution < 1.29 is 9.18 Å². The summed E-state index contributed by atoms with van der Waals surface area (Å²) in [6.07, 6.45) is 4.38. The summed E-state index contributed by atoms with van der Waals surface area (Å²) in [4.78, 5) is 11.9. The van der Waals surface area contributed by atoms with Gasteiger partial charge in [-0.1, -0.05) is 30.3 Å². The van der Waals surface area contributed by atoms with Crippen molar-refractivity contribution in [3.05, 3.63) is 35.9 Å². The number of hydrogen-bond acceptors (Lipinski definition) is 4. The molecular weight excluding hydrogens is 303 g/mol. The third-order valence-electron chi connectivity index (χ3n) is 3.56. The number of amides is 1. The van der Waals surface area contributed by atoms with E-state index >= 15 is 0 Å². The summed E-state index contributed by atoms with van der Waals surface area (Å²) in [6, 6.07) is 6.14. The Bertz CT molecular complexity index is 673. The number of anilines is 1. The minimum Gasteiger partial charge on any atom is -0.323 e. The van der Waals surface area contributed by atoms with Gasteiger partial charge in [0.25, 0.3) is 0 Å². The van der Waals surface area contributed by atoms with Crippen LogP contribution in [-0.2, 0) is 17.8 Å². The number of aromatic nitrogens is 3. The number of hydrogen-bond donors (Lipinski definition) is 1. The maximum atomic E-state index is 13.5. The largest absolute Gasteiger partial charge is 0.323 e. The van der Waals surface area contributed by atoms with E-state index in [2.05, 4.69) is 20.1 Å². The number of nitrogens with one attached hydrogen (secondary N) is 1. The van der Waals surface area contributed by atoms with Crippen LogP contribution < -0.4 is 5.32 Å². The van der Waals surface area contributed by atoms with E-state index in [9.17, 15) is 9.18 Å². The lowest BCUT2D eigenvalue weighted by atomic mass is 10.2. The highest BCUT2D eigenvalue weighted by atomic mass is 32.2. The van der Waals surface area contributed by atoms with Crippen LogP contribution in [0.1, 0.15) is 25.1 Å². The molecule has 5 nitrogen and oxygen atoms in total. The summed E-state index contributed by atoms with van der Waals surface area (Å²) in [5, 5.41) is 11.7. The lowest BCUT2D eigenvalue weighted by Gasteiger charge is -2.07. The summed E-state index contributed by atoms with van der Waals surface area (Å²) in [5.74, 6) is 0.500. The Morgan fingerprint density at radius 3 is 3.00 bits per heavy atom. The lowest BCUT2D eigenvalue weighted by Crippen LogP contribution is -2.15. The number of para-hydroxylation sites is 1. The molecule has 0 saturated heterocycles. The highest BCUT2D eigenvalue weighted by Gasteiger charge is 2.16. The minimum atomic E-state index is -0.433. The molecule has 1 aromatic carbocycles. The number of benzene rings is 1. The maximum Gasteiger partial charge on any atom is 0.234 e. The van der Waals surface area contributed by atoms with Gasteiger partial charge in [-0.2, -0.15) is 0 Å². The Kier molecular flexibility index (Phi) is 4.72. The van der Waals surface area contributed by atoms with Gasteiger partial charge in [0.1, 0.15) is 11.6 Å². The average molecular weight is 320 g/mol. The predicted octanol–water partition coefficient (Wildman–Crippen LogP) is 2.87. The van der Waals surface area contributed by atoms with E-state index in [4.69, 9.17) is 0 Å². The highest BCUT2D eigenvalue weighted by Crippen LogP contribution is 2.22. The van der Waals surface area contributed by atoms with E-state index in [1.807, 2.05) is 0 Å². The number of halogens is 1. The van der Waals surface area contributed by atoms with Crippen molar-refractivity contribution in [1.29, 1.82) is 0 Å². The first-order chi connectivity index (χ1) is 10.7. The summed E-state index contributed by atoms with van der Waals surface area (Å²) < 4.78 is 15.6. The van der Waals surface area contributed by atoms with Crippen molar-refractivity contribution in [3.63, 3.8) is 0 Å². The first kappa shape index (κ1) is 15.0. The molecule has 1 aromatic heterocycles. The number of rotatable bonds is 4. The number of carbonyl (C=O) groups is 1. The SMILES string of the molecule is O=C(CSc1nnc2n1CCCCC2)Nc1ccccc1F. The number of fused-ring (bicyclic) bond motifs is 1. The molecule has 0 saturated carbocycles. The van der Waals surface area contributed by atoms with Crippen LogP contribution in [0, 0.1) is 5.82 Å². The summed E-state index contributed by atoms with van der Waals surface area (Å²) >= 11 is 1.34. The molecule has 0 unspecified atom stereocenters. The molecule has 0 atom stereocenters. The van der Waals surface area contributed by atoms with E-state index in [-0.39, 0.29) is 17.3 Å². The number of nitrogens with zero attached hydrogens (tertiary/aromatic N) is 3. The first-order valence-corrected chi connectivity index (χ1v) is 8.32. The van der Waals surface area contributed by atoms with Crippen molar-refractivity contribution >= 4 is 23.4 Å². The molecule has 7 heteroatoms. The van der Waals surface area contributed by atoms with Crippen LogP contribution in [-0.4, -0.2) is 26.4 Å². The van der Waals surface area contributed by atoms with Gasteiger partial charge in [0.2, 0.25) is 5.91 Å². The van der Waals surface area contributed by atoms with Gasteiger partial charge in [-0.25, -0.2) is 4.39 Å². The van der Waals surface area contributed by atoms with Crippen molar-refractivity contribution in [2.45, 2.75) is 37.4 Å². The molecule has 2 heterocycles. The van der Waals surface area contributed by atoms with Crippen LogP contribution >= 0.6 is 11.8 Å². The average Bonchev–Trinajstić information content (AvgIpc) is 2.75. The van der Waals surface area contributed by atoms with E-state index in [1.54, 1.807) is 18.2 Å². The van der Waals surface area contributed by atoms with Crippen molar-refractivity contribution in [2.75, 3.05) is 11.1 Å². The second kappa shape index (κ2) is 6.91. The zero-order valence-corrected chi connectivity index (χ0v) is 12.9. The monoisotopic (exact) mass is 320 g/mol. The number of carbonyl (C=O) groups excluding carboxylic acids is 1. The second-order valence-corrected chi connectivity index (χ2v) is 6.12. The highest BCUT2D eigenvalue weighted by molar-refractivity contribution is 7.99. The third kappa shape index (κ3) is 3.47. The van der Waals surface area contributed by atoms with Gasteiger partial charge in [0, 0.05) is 13.0 Å². The molecule has 2 aromatic rings. The number of aryl methyl sites for hydroxylation is 1. The van der Waals surface area contributed by atoms with Crippen LogP contribution in [0.25, 0.3) is 0 Å². The molecule has 1 aliphatic heterocycles. The van der Waals surface area contributed by atoms with E-state index in [1.165, 1.54) is 24.2 Å². The van der Waals surface area contributed by atoms with Gasteiger partial charge < -0.3 is 9.88 Å². The maximum absolute atomic E-state index is 13.5. The van der Waals surface area contributed by atoms with Gasteiger partial charge >= 0.3 is 0 Å². The molecule has 22 heavy (non-hydrogen) atoms. The zero-order valence-electron chi connectivity index (χ0n) is 12.1. The molecule has 0 bridgehead atoms. The van der Waals surface area contributed by atoms with Gasteiger partial charge in [-0.3, -0.25) is 4.79 Å². The molecule has 0 aliphatic carbocycles. The van der Waals surface area contributed by atoms with E-state index < -0.39 is 5.82 Å². The Labute approximate surface area is 132 Å². The lowest BCUT2D eigenvalue weighted by molar-refractivity contribution is -0.113. The molecule has 1 amide bonds. The van der Waals surface area contributed by atoms with Crippen LogP contribution in [0.3, 0.4) is 0 Å². The van der Waals surface area contributed by atoms with Crippen LogP contribution in [0.2, 0.25) is 0 Å². The van der Waals surface area contributed by atoms with Crippen molar-refractivity contribution in [1.82, 2.24) is 14.8 Å². The smallest absolute Gasteiger partial charge is 0.234 e. The fourth-order valence-corrected chi connectivity index (χ4v) is 3.23. The summed E-state index contributed by atoms with van der Waals surface area (Å²) in [7, 11) is 0. The van der Waals surface area contributed by atoms with Crippen molar-refractivity contribution in [3.8, 4) is 0 Å². The summed E-state index contributed by atoms with van der Waals surface area (Å²) in [5.41, 5.74) is 0.202. The quantitative estimate of drug-likeness (QED) is 0.880. The van der Waals surface area contributed by atoms with Crippen LogP contribution in [0.15, 0.2) is 29.4 Å². The first-order valence-electron chi connectivity index (χ1n) is 7.33. The van der Waals surface area contributed by atoms with Crippen LogP contribution in [0.5, 0.6) is 0 Å². The molecule has 0 fully saturated rings.